The van der Waals surface area contributed by atoms with Gasteiger partial charge in [-0.1, -0.05) is 0 Å². The van der Waals surface area contributed by atoms with E-state index >= 15 is 0 Å². The summed E-state index contributed by atoms with van der Waals surface area (Å²) in [6.45, 7) is 0.411. The summed E-state index contributed by atoms with van der Waals surface area (Å²) >= 11 is 0. The Kier molecular flexibility index (Phi) is 3.11. The monoisotopic (exact) mass is 263 g/mol. The molecule has 0 amide bonds. The molecule has 1 heterocycles. The van der Waals surface area contributed by atoms with Crippen molar-refractivity contribution in [1.29, 1.82) is 0 Å². The zero-order valence-electron chi connectivity index (χ0n) is 10.4. The van der Waals surface area contributed by atoms with E-state index in [4.69, 9.17) is 0 Å². The summed E-state index contributed by atoms with van der Waals surface area (Å²) in [5, 5.41) is 9.90. The number of aliphatic hydroxyl groups is 1. The molecule has 2 aromatic rings. The van der Waals surface area contributed by atoms with Gasteiger partial charge in [0.25, 0.3) is 0 Å². The van der Waals surface area contributed by atoms with Gasteiger partial charge in [-0.05, 0) is 42.5 Å². The van der Waals surface area contributed by atoms with Gasteiger partial charge in [0.05, 0.1) is 6.10 Å². The highest BCUT2D eigenvalue weighted by molar-refractivity contribution is 5.30. The van der Waals surface area contributed by atoms with E-state index in [1.807, 2.05) is 17.0 Å². The highest BCUT2D eigenvalue weighted by atomic mass is 19.1. The molecule has 1 aromatic carbocycles. The highest BCUT2D eigenvalue weighted by Gasteiger charge is 2.19. The average Bonchev–Trinajstić information content (AvgIpc) is 2.71. The fraction of sp³-hybridized carbons (Fsp3) is 0.333. The standard InChI is InChI=1S/C15H15F2NO/c16-12-4-10(5-13(17)6-12)7-18-8-11-2-1-3-15(19)14(11)9-18/h4-6,8-9,15,19H,1-3,7H2. The van der Waals surface area contributed by atoms with Crippen LogP contribution in [0.3, 0.4) is 0 Å². The van der Waals surface area contributed by atoms with Crippen LogP contribution >= 0.6 is 0 Å². The molecule has 1 aliphatic rings. The average molecular weight is 263 g/mol. The lowest BCUT2D eigenvalue weighted by molar-refractivity contribution is 0.157. The first-order valence-electron chi connectivity index (χ1n) is 6.43. The zero-order valence-corrected chi connectivity index (χ0v) is 10.4. The number of fused-ring (bicyclic) bond motifs is 1. The zero-order chi connectivity index (χ0) is 13.4. The molecule has 0 aliphatic heterocycles. The SMILES string of the molecule is OC1CCCc2cn(Cc3cc(F)cc(F)c3)cc21. The molecule has 100 valence electrons. The molecule has 1 N–H and O–H groups in total. The minimum atomic E-state index is -0.563. The molecule has 0 spiro atoms. The second-order valence-electron chi connectivity index (χ2n) is 5.10. The first kappa shape index (κ1) is 12.4. The molecule has 2 nitrogen and oxygen atoms in total. The van der Waals surface area contributed by atoms with Crippen LogP contribution in [0.1, 0.15) is 35.6 Å². The summed E-state index contributed by atoms with van der Waals surface area (Å²) in [5.41, 5.74) is 2.66. The second kappa shape index (κ2) is 4.78. The number of benzene rings is 1. The van der Waals surface area contributed by atoms with Crippen molar-refractivity contribution in [3.8, 4) is 0 Å². The van der Waals surface area contributed by atoms with Crippen molar-refractivity contribution in [1.82, 2.24) is 4.57 Å². The van der Waals surface area contributed by atoms with Gasteiger partial charge in [0.15, 0.2) is 0 Å². The molecule has 1 atom stereocenters. The normalized spacial score (nSPS) is 18.4. The van der Waals surface area contributed by atoms with Gasteiger partial charge in [0.1, 0.15) is 11.6 Å². The Morgan fingerprint density at radius 3 is 2.58 bits per heavy atom. The van der Waals surface area contributed by atoms with Gasteiger partial charge in [0.2, 0.25) is 0 Å². The number of aromatic nitrogens is 1. The fourth-order valence-electron chi connectivity index (χ4n) is 2.73. The van der Waals surface area contributed by atoms with Crippen molar-refractivity contribution < 1.29 is 13.9 Å². The lowest BCUT2D eigenvalue weighted by Gasteiger charge is -2.16. The van der Waals surface area contributed by atoms with Crippen LogP contribution in [-0.4, -0.2) is 9.67 Å². The molecule has 0 bridgehead atoms. The van der Waals surface area contributed by atoms with Crippen LogP contribution in [-0.2, 0) is 13.0 Å². The van der Waals surface area contributed by atoms with Crippen molar-refractivity contribution >= 4 is 0 Å². The predicted octanol–water partition coefficient (Wildman–Crippen LogP) is 3.18. The maximum Gasteiger partial charge on any atom is 0.126 e. The molecule has 4 heteroatoms. The number of aryl methyl sites for hydroxylation is 1. The number of hydrogen-bond acceptors (Lipinski definition) is 1. The number of hydrogen-bond donors (Lipinski definition) is 1. The van der Waals surface area contributed by atoms with Crippen molar-refractivity contribution in [3.05, 3.63) is 58.9 Å². The molecule has 1 unspecified atom stereocenters. The third-order valence-electron chi connectivity index (χ3n) is 3.57. The molecule has 0 radical (unpaired) electrons. The lowest BCUT2D eigenvalue weighted by Crippen LogP contribution is -2.05. The van der Waals surface area contributed by atoms with Gasteiger partial charge >= 0.3 is 0 Å². The molecular formula is C15H15F2NO. The third kappa shape index (κ3) is 2.54. The van der Waals surface area contributed by atoms with E-state index in [1.54, 1.807) is 0 Å². The van der Waals surface area contributed by atoms with E-state index in [0.29, 0.717) is 12.1 Å². The minimum Gasteiger partial charge on any atom is -0.388 e. The largest absolute Gasteiger partial charge is 0.388 e. The van der Waals surface area contributed by atoms with E-state index in [-0.39, 0.29) is 0 Å². The van der Waals surface area contributed by atoms with E-state index in [1.165, 1.54) is 12.1 Å². The second-order valence-corrected chi connectivity index (χ2v) is 5.10. The number of rotatable bonds is 2. The molecule has 1 aliphatic carbocycles. The Balaban J connectivity index is 1.87. The van der Waals surface area contributed by atoms with Gasteiger partial charge in [-0.15, -0.1) is 0 Å². The van der Waals surface area contributed by atoms with Crippen LogP contribution in [0.15, 0.2) is 30.6 Å². The fourth-order valence-corrected chi connectivity index (χ4v) is 2.73. The minimum absolute atomic E-state index is 0.408. The Morgan fingerprint density at radius 2 is 1.89 bits per heavy atom. The van der Waals surface area contributed by atoms with Crippen molar-refractivity contribution in [2.45, 2.75) is 31.9 Å². The van der Waals surface area contributed by atoms with Gasteiger partial charge in [0, 0.05) is 30.6 Å². The Hall–Kier alpha value is -1.68. The quantitative estimate of drug-likeness (QED) is 0.884. The summed E-state index contributed by atoms with van der Waals surface area (Å²) in [5.74, 6) is -1.13. The maximum atomic E-state index is 13.1. The molecular weight excluding hydrogens is 248 g/mol. The van der Waals surface area contributed by atoms with Gasteiger partial charge in [-0.2, -0.15) is 0 Å². The van der Waals surface area contributed by atoms with Gasteiger partial charge in [-0.25, -0.2) is 8.78 Å². The van der Waals surface area contributed by atoms with Crippen molar-refractivity contribution in [2.24, 2.45) is 0 Å². The summed E-state index contributed by atoms with van der Waals surface area (Å²) in [7, 11) is 0. The summed E-state index contributed by atoms with van der Waals surface area (Å²) in [6.07, 6.45) is 6.15. The number of aliphatic hydroxyl groups excluding tert-OH is 1. The topological polar surface area (TPSA) is 25.2 Å². The van der Waals surface area contributed by atoms with Crippen LogP contribution in [0, 0.1) is 11.6 Å². The van der Waals surface area contributed by atoms with Crippen LogP contribution in [0.25, 0.3) is 0 Å². The van der Waals surface area contributed by atoms with Crippen molar-refractivity contribution in [3.63, 3.8) is 0 Å². The lowest BCUT2D eigenvalue weighted by atomic mass is 9.93. The predicted molar refractivity (Wildman–Crippen MR) is 67.8 cm³/mol. The first-order chi connectivity index (χ1) is 9.11. The number of nitrogens with zero attached hydrogens (tertiary/aromatic N) is 1. The van der Waals surface area contributed by atoms with E-state index in [9.17, 15) is 13.9 Å². The van der Waals surface area contributed by atoms with Crippen LogP contribution in [0.4, 0.5) is 8.78 Å². The maximum absolute atomic E-state index is 13.1. The Bertz CT molecular complexity index is 586. The summed E-state index contributed by atoms with van der Waals surface area (Å²) in [4.78, 5) is 0. The first-order valence-corrected chi connectivity index (χ1v) is 6.43. The van der Waals surface area contributed by atoms with E-state index < -0.39 is 17.7 Å². The molecule has 0 fully saturated rings. The Morgan fingerprint density at radius 1 is 1.16 bits per heavy atom. The van der Waals surface area contributed by atoms with Gasteiger partial charge in [-0.3, -0.25) is 0 Å². The van der Waals surface area contributed by atoms with Gasteiger partial charge < -0.3 is 9.67 Å². The molecule has 1 aromatic heterocycles. The smallest absolute Gasteiger partial charge is 0.126 e. The molecule has 3 rings (SSSR count). The highest BCUT2D eigenvalue weighted by Crippen LogP contribution is 2.30. The molecule has 0 saturated carbocycles. The van der Waals surface area contributed by atoms with Crippen LogP contribution in [0.5, 0.6) is 0 Å². The van der Waals surface area contributed by atoms with Crippen LogP contribution < -0.4 is 0 Å². The third-order valence-corrected chi connectivity index (χ3v) is 3.57. The van der Waals surface area contributed by atoms with E-state index in [2.05, 4.69) is 0 Å². The van der Waals surface area contributed by atoms with Crippen molar-refractivity contribution in [2.75, 3.05) is 0 Å². The molecule has 19 heavy (non-hydrogen) atoms. The molecule has 0 saturated heterocycles. The summed E-state index contributed by atoms with van der Waals surface area (Å²) in [6, 6.07) is 3.53. The number of halogens is 2. The Labute approximate surface area is 110 Å². The summed E-state index contributed by atoms with van der Waals surface area (Å²) < 4.78 is 28.1. The van der Waals surface area contributed by atoms with E-state index in [0.717, 1.165) is 36.5 Å². The van der Waals surface area contributed by atoms with Crippen LogP contribution in [0.2, 0.25) is 0 Å².